The van der Waals surface area contributed by atoms with Crippen molar-refractivity contribution in [2.24, 2.45) is 0 Å². The number of rotatable bonds is 5. The summed E-state index contributed by atoms with van der Waals surface area (Å²) < 4.78 is 31.5. The van der Waals surface area contributed by atoms with E-state index in [1.54, 1.807) is 20.8 Å². The van der Waals surface area contributed by atoms with Crippen LogP contribution in [0.4, 0.5) is 13.6 Å². The smallest absolute Gasteiger partial charge is 0.407 e. The highest BCUT2D eigenvalue weighted by Crippen LogP contribution is 2.14. The first-order chi connectivity index (χ1) is 10.1. The largest absolute Gasteiger partial charge is 0.481 e. The number of nitrogens with one attached hydrogen (secondary N) is 1. The number of carboxylic acid groups (broad SMARTS) is 1. The van der Waals surface area contributed by atoms with Crippen molar-refractivity contribution in [3.8, 4) is 0 Å². The molecule has 1 aromatic carbocycles. The van der Waals surface area contributed by atoms with Gasteiger partial charge >= 0.3 is 12.1 Å². The lowest BCUT2D eigenvalue weighted by molar-refractivity contribution is -0.137. The highest BCUT2D eigenvalue weighted by molar-refractivity contribution is 5.71. The predicted octanol–water partition coefficient (Wildman–Crippen LogP) is 2.88. The van der Waals surface area contributed by atoms with E-state index in [1.165, 1.54) is 6.07 Å². The number of hydrogen-bond donors (Lipinski definition) is 2. The van der Waals surface area contributed by atoms with Gasteiger partial charge in [-0.05, 0) is 38.8 Å². The lowest BCUT2D eigenvalue weighted by Crippen LogP contribution is -2.41. The van der Waals surface area contributed by atoms with Crippen LogP contribution in [-0.2, 0) is 16.0 Å². The lowest BCUT2D eigenvalue weighted by atomic mass is 10.0. The van der Waals surface area contributed by atoms with Crippen molar-refractivity contribution in [1.29, 1.82) is 0 Å². The SMILES string of the molecule is CC(C)(C)OC(=O)N[C@@H](CC(=O)O)Cc1ccc(F)cc1F. The Kier molecular flexibility index (Phi) is 5.84. The summed E-state index contributed by atoms with van der Waals surface area (Å²) in [4.78, 5) is 22.6. The molecular formula is C15H19F2NO4. The Hall–Kier alpha value is -2.18. The second kappa shape index (κ2) is 7.20. The first kappa shape index (κ1) is 17.9. The van der Waals surface area contributed by atoms with Crippen LogP contribution in [-0.4, -0.2) is 28.8 Å². The maximum absolute atomic E-state index is 13.6. The molecule has 0 radical (unpaired) electrons. The van der Waals surface area contributed by atoms with E-state index in [9.17, 15) is 18.4 Å². The van der Waals surface area contributed by atoms with Crippen LogP contribution >= 0.6 is 0 Å². The number of carbonyl (C=O) groups excluding carboxylic acids is 1. The molecule has 0 aliphatic heterocycles. The first-order valence-corrected chi connectivity index (χ1v) is 6.72. The average Bonchev–Trinajstić information content (AvgIpc) is 2.29. The molecule has 0 aliphatic rings. The van der Waals surface area contributed by atoms with E-state index in [-0.39, 0.29) is 12.0 Å². The van der Waals surface area contributed by atoms with Gasteiger partial charge in [0.15, 0.2) is 0 Å². The first-order valence-electron chi connectivity index (χ1n) is 6.72. The molecule has 0 aliphatic carbocycles. The summed E-state index contributed by atoms with van der Waals surface area (Å²) in [6.45, 7) is 5.00. The van der Waals surface area contributed by atoms with Gasteiger partial charge in [0, 0.05) is 12.1 Å². The molecule has 122 valence electrons. The summed E-state index contributed by atoms with van der Waals surface area (Å²) in [5.41, 5.74) is -0.623. The maximum atomic E-state index is 13.6. The van der Waals surface area contributed by atoms with E-state index in [4.69, 9.17) is 9.84 Å². The summed E-state index contributed by atoms with van der Waals surface area (Å²) >= 11 is 0. The number of halogens is 2. The fourth-order valence-electron chi connectivity index (χ4n) is 1.81. The van der Waals surface area contributed by atoms with Crippen molar-refractivity contribution in [2.45, 2.75) is 45.3 Å². The number of aliphatic carboxylic acids is 1. The number of benzene rings is 1. The number of ether oxygens (including phenoxy) is 1. The van der Waals surface area contributed by atoms with E-state index >= 15 is 0 Å². The van der Waals surface area contributed by atoms with Crippen LogP contribution in [0.5, 0.6) is 0 Å². The summed E-state index contributed by atoms with van der Waals surface area (Å²) in [6, 6.07) is 2.13. The zero-order valence-corrected chi connectivity index (χ0v) is 12.7. The summed E-state index contributed by atoms with van der Waals surface area (Å²) in [6.07, 6.45) is -1.28. The van der Waals surface area contributed by atoms with Gasteiger partial charge in [0.25, 0.3) is 0 Å². The molecule has 1 rings (SSSR count). The van der Waals surface area contributed by atoms with E-state index in [1.807, 2.05) is 0 Å². The molecule has 0 aromatic heterocycles. The normalized spacial score (nSPS) is 12.6. The zero-order valence-electron chi connectivity index (χ0n) is 12.7. The Morgan fingerprint density at radius 3 is 2.45 bits per heavy atom. The van der Waals surface area contributed by atoms with Crippen molar-refractivity contribution in [3.63, 3.8) is 0 Å². The Labute approximate surface area is 127 Å². The fraction of sp³-hybridized carbons (Fsp3) is 0.467. The molecule has 0 spiro atoms. The van der Waals surface area contributed by atoms with Crippen LogP contribution < -0.4 is 5.32 Å². The van der Waals surface area contributed by atoms with Crippen LogP contribution in [0.15, 0.2) is 18.2 Å². The quantitative estimate of drug-likeness (QED) is 0.876. The minimum Gasteiger partial charge on any atom is -0.481 e. The molecule has 0 fully saturated rings. The van der Waals surface area contributed by atoms with Crippen molar-refractivity contribution in [1.82, 2.24) is 5.32 Å². The molecule has 0 saturated carbocycles. The number of carboxylic acids is 1. The summed E-state index contributed by atoms with van der Waals surface area (Å²) in [7, 11) is 0. The molecular weight excluding hydrogens is 296 g/mol. The summed E-state index contributed by atoms with van der Waals surface area (Å²) in [5.74, 6) is -2.67. The zero-order chi connectivity index (χ0) is 16.9. The molecule has 0 bridgehead atoms. The number of alkyl carbamates (subject to hydrolysis) is 1. The minimum absolute atomic E-state index is 0.0857. The minimum atomic E-state index is -1.15. The highest BCUT2D eigenvalue weighted by Gasteiger charge is 2.22. The topological polar surface area (TPSA) is 75.6 Å². The second-order valence-corrected chi connectivity index (χ2v) is 5.88. The van der Waals surface area contributed by atoms with E-state index in [0.717, 1.165) is 6.07 Å². The van der Waals surface area contributed by atoms with Crippen LogP contribution in [0.25, 0.3) is 0 Å². The lowest BCUT2D eigenvalue weighted by Gasteiger charge is -2.23. The Bertz CT molecular complexity index is 555. The molecule has 7 heteroatoms. The van der Waals surface area contributed by atoms with Gasteiger partial charge in [0.1, 0.15) is 17.2 Å². The number of hydrogen-bond acceptors (Lipinski definition) is 3. The maximum Gasteiger partial charge on any atom is 0.407 e. The van der Waals surface area contributed by atoms with Gasteiger partial charge in [0.05, 0.1) is 6.42 Å². The van der Waals surface area contributed by atoms with E-state index < -0.39 is 41.8 Å². The Morgan fingerprint density at radius 1 is 1.32 bits per heavy atom. The van der Waals surface area contributed by atoms with Crippen LogP contribution in [0, 0.1) is 11.6 Å². The van der Waals surface area contributed by atoms with Gasteiger partial charge < -0.3 is 15.2 Å². The van der Waals surface area contributed by atoms with Crippen LogP contribution in [0.3, 0.4) is 0 Å². The second-order valence-electron chi connectivity index (χ2n) is 5.88. The van der Waals surface area contributed by atoms with Crippen molar-refractivity contribution in [3.05, 3.63) is 35.4 Å². The molecule has 0 unspecified atom stereocenters. The van der Waals surface area contributed by atoms with Gasteiger partial charge in [-0.3, -0.25) is 4.79 Å². The van der Waals surface area contributed by atoms with Crippen molar-refractivity contribution in [2.75, 3.05) is 0 Å². The molecule has 1 atom stereocenters. The highest BCUT2D eigenvalue weighted by atomic mass is 19.1. The molecule has 0 saturated heterocycles. The summed E-state index contributed by atoms with van der Waals surface area (Å²) in [5, 5.41) is 11.3. The number of carbonyl (C=O) groups is 2. The molecule has 5 nitrogen and oxygen atoms in total. The van der Waals surface area contributed by atoms with Crippen LogP contribution in [0.2, 0.25) is 0 Å². The molecule has 0 heterocycles. The van der Waals surface area contributed by atoms with E-state index in [2.05, 4.69) is 5.32 Å². The van der Waals surface area contributed by atoms with Gasteiger partial charge in [-0.15, -0.1) is 0 Å². The van der Waals surface area contributed by atoms with Gasteiger partial charge in [-0.25, -0.2) is 13.6 Å². The molecule has 1 aromatic rings. The van der Waals surface area contributed by atoms with Gasteiger partial charge in [-0.1, -0.05) is 6.07 Å². The molecule has 2 N–H and O–H groups in total. The Morgan fingerprint density at radius 2 is 1.95 bits per heavy atom. The van der Waals surface area contributed by atoms with Gasteiger partial charge in [-0.2, -0.15) is 0 Å². The standard InChI is InChI=1S/C15H19F2NO4/c1-15(2,3)22-14(21)18-11(8-13(19)20)6-9-4-5-10(16)7-12(9)17/h4-5,7,11H,6,8H2,1-3H3,(H,18,21)(H,19,20)/t11-/m1/s1. The molecule has 1 amide bonds. The predicted molar refractivity (Wildman–Crippen MR) is 75.5 cm³/mol. The molecule has 22 heavy (non-hydrogen) atoms. The monoisotopic (exact) mass is 315 g/mol. The average molecular weight is 315 g/mol. The third-order valence-corrected chi connectivity index (χ3v) is 2.62. The van der Waals surface area contributed by atoms with E-state index in [0.29, 0.717) is 6.07 Å². The van der Waals surface area contributed by atoms with Crippen molar-refractivity contribution < 1.29 is 28.2 Å². The van der Waals surface area contributed by atoms with Gasteiger partial charge in [0.2, 0.25) is 0 Å². The van der Waals surface area contributed by atoms with Crippen molar-refractivity contribution >= 4 is 12.1 Å². The number of amides is 1. The van der Waals surface area contributed by atoms with Crippen LogP contribution in [0.1, 0.15) is 32.8 Å². The fourth-order valence-corrected chi connectivity index (χ4v) is 1.81. The third kappa shape index (κ3) is 6.51. The Balaban J connectivity index is 2.80. The third-order valence-electron chi connectivity index (χ3n) is 2.62.